The monoisotopic (exact) mass is 221 g/mol. The Morgan fingerprint density at radius 3 is 2.44 bits per heavy atom. The average molecular weight is 221 g/mol. The van der Waals surface area contributed by atoms with E-state index in [-0.39, 0.29) is 16.9 Å². The van der Waals surface area contributed by atoms with E-state index in [1.807, 2.05) is 0 Å². The van der Waals surface area contributed by atoms with Gasteiger partial charge < -0.3 is 5.73 Å². The van der Waals surface area contributed by atoms with Crippen molar-refractivity contribution in [2.75, 3.05) is 0 Å². The zero-order valence-corrected chi connectivity index (χ0v) is 10.7. The van der Waals surface area contributed by atoms with Gasteiger partial charge in [0.1, 0.15) is 5.78 Å². The topological polar surface area (TPSA) is 43.1 Å². The van der Waals surface area contributed by atoms with Crippen LogP contribution >= 0.6 is 0 Å². The summed E-state index contributed by atoms with van der Waals surface area (Å²) in [5, 5.41) is 0. The van der Waals surface area contributed by atoms with E-state index in [9.17, 15) is 4.79 Å². The van der Waals surface area contributed by atoms with Crippen LogP contribution in [0.25, 0.3) is 0 Å². The van der Waals surface area contributed by atoms with E-state index >= 15 is 0 Å². The Morgan fingerprint density at radius 1 is 1.19 bits per heavy atom. The molecule has 5 unspecified atom stereocenters. The van der Waals surface area contributed by atoms with Crippen molar-refractivity contribution in [3.05, 3.63) is 0 Å². The van der Waals surface area contributed by atoms with Gasteiger partial charge in [-0.15, -0.1) is 0 Å². The predicted molar refractivity (Wildman–Crippen MR) is 63.9 cm³/mol. The third-order valence-corrected chi connectivity index (χ3v) is 5.81. The molecule has 0 aromatic rings. The van der Waals surface area contributed by atoms with Crippen LogP contribution in [-0.4, -0.2) is 11.8 Å². The maximum absolute atomic E-state index is 12.1. The molecular weight excluding hydrogens is 198 g/mol. The van der Waals surface area contributed by atoms with E-state index in [2.05, 4.69) is 13.8 Å². The summed E-state index contributed by atoms with van der Waals surface area (Å²) in [6.07, 6.45) is 5.91. The molecule has 0 aromatic carbocycles. The molecule has 2 N–H and O–H groups in total. The second kappa shape index (κ2) is 2.72. The summed E-state index contributed by atoms with van der Waals surface area (Å²) in [5.41, 5.74) is 6.91. The van der Waals surface area contributed by atoms with Crippen molar-refractivity contribution in [1.29, 1.82) is 0 Å². The van der Waals surface area contributed by atoms with Crippen molar-refractivity contribution in [3.63, 3.8) is 0 Å². The van der Waals surface area contributed by atoms with Crippen LogP contribution in [0.3, 0.4) is 0 Å². The van der Waals surface area contributed by atoms with Crippen LogP contribution in [0.2, 0.25) is 0 Å². The van der Waals surface area contributed by atoms with Crippen molar-refractivity contribution < 1.29 is 4.79 Å². The fourth-order valence-corrected chi connectivity index (χ4v) is 5.80. The largest absolute Gasteiger partial charge is 0.326 e. The molecule has 4 rings (SSSR count). The maximum Gasteiger partial charge on any atom is 0.137 e. The molecule has 0 saturated heterocycles. The first kappa shape index (κ1) is 10.8. The van der Waals surface area contributed by atoms with E-state index in [4.69, 9.17) is 5.73 Å². The average Bonchev–Trinajstić information content (AvgIpc) is 2.10. The summed E-state index contributed by atoms with van der Waals surface area (Å²) in [6, 6.07) is 0.0992. The molecule has 4 fully saturated rings. The minimum absolute atomic E-state index is 0.0992. The molecule has 0 heterocycles. The van der Waals surface area contributed by atoms with Gasteiger partial charge in [-0.05, 0) is 55.8 Å². The van der Waals surface area contributed by atoms with Crippen molar-refractivity contribution in [2.45, 2.75) is 58.9 Å². The van der Waals surface area contributed by atoms with Crippen LogP contribution in [0.1, 0.15) is 52.9 Å². The molecule has 0 aromatic heterocycles. The maximum atomic E-state index is 12.1. The zero-order valence-electron chi connectivity index (χ0n) is 10.7. The number of hydrogen-bond donors (Lipinski definition) is 1. The van der Waals surface area contributed by atoms with Crippen molar-refractivity contribution in [1.82, 2.24) is 0 Å². The quantitative estimate of drug-likeness (QED) is 0.739. The first-order chi connectivity index (χ1) is 7.30. The molecule has 16 heavy (non-hydrogen) atoms. The smallest absolute Gasteiger partial charge is 0.137 e. The summed E-state index contributed by atoms with van der Waals surface area (Å²) in [4.78, 5) is 12.1. The van der Waals surface area contributed by atoms with E-state index < -0.39 is 0 Å². The number of rotatable bonds is 1. The zero-order chi connectivity index (χ0) is 11.8. The SMILES string of the molecule is CC(=O)C12CC3CC(C)(CC(C)(C3)C1N)C2. The highest BCUT2D eigenvalue weighted by Crippen LogP contribution is 2.69. The van der Waals surface area contributed by atoms with Gasteiger partial charge in [-0.1, -0.05) is 13.8 Å². The van der Waals surface area contributed by atoms with Gasteiger partial charge in [0.05, 0.1) is 0 Å². The van der Waals surface area contributed by atoms with Gasteiger partial charge in [0, 0.05) is 11.5 Å². The minimum atomic E-state index is -0.178. The van der Waals surface area contributed by atoms with Gasteiger partial charge in [0.25, 0.3) is 0 Å². The summed E-state index contributed by atoms with van der Waals surface area (Å²) < 4.78 is 0. The molecule has 2 heteroatoms. The lowest BCUT2D eigenvalue weighted by Crippen LogP contribution is -2.68. The lowest BCUT2D eigenvalue weighted by Gasteiger charge is -2.67. The van der Waals surface area contributed by atoms with Gasteiger partial charge in [-0.2, -0.15) is 0 Å². The number of hydrogen-bond acceptors (Lipinski definition) is 2. The number of ketones is 1. The summed E-state index contributed by atoms with van der Waals surface area (Å²) in [6.45, 7) is 6.46. The lowest BCUT2D eigenvalue weighted by molar-refractivity contribution is -0.174. The van der Waals surface area contributed by atoms with Gasteiger partial charge in [0.2, 0.25) is 0 Å². The Kier molecular flexibility index (Phi) is 1.83. The van der Waals surface area contributed by atoms with Crippen LogP contribution in [0.4, 0.5) is 0 Å². The summed E-state index contributed by atoms with van der Waals surface area (Å²) >= 11 is 0. The minimum Gasteiger partial charge on any atom is -0.326 e. The molecule has 0 radical (unpaired) electrons. The molecular formula is C14H23NO. The Balaban J connectivity index is 2.11. The van der Waals surface area contributed by atoms with Crippen LogP contribution in [-0.2, 0) is 4.79 Å². The van der Waals surface area contributed by atoms with E-state index in [1.165, 1.54) is 19.3 Å². The highest BCUT2D eigenvalue weighted by Gasteiger charge is 2.65. The molecule has 0 amide bonds. The summed E-state index contributed by atoms with van der Waals surface area (Å²) in [7, 11) is 0. The van der Waals surface area contributed by atoms with Crippen molar-refractivity contribution >= 4 is 5.78 Å². The fraction of sp³-hybridized carbons (Fsp3) is 0.929. The molecule has 5 atom stereocenters. The molecule has 90 valence electrons. The Labute approximate surface area is 98.0 Å². The Bertz CT molecular complexity index is 366. The van der Waals surface area contributed by atoms with Crippen molar-refractivity contribution in [3.8, 4) is 0 Å². The van der Waals surface area contributed by atoms with Crippen LogP contribution in [0.5, 0.6) is 0 Å². The molecule has 0 aliphatic heterocycles. The van der Waals surface area contributed by atoms with Gasteiger partial charge in [-0.3, -0.25) is 4.79 Å². The number of nitrogens with two attached hydrogens (primary N) is 1. The number of Topliss-reactive ketones (excluding diaryl/α,β-unsaturated/α-hetero) is 1. The lowest BCUT2D eigenvalue weighted by atomic mass is 9.38. The number of carbonyl (C=O) groups is 1. The third-order valence-electron chi connectivity index (χ3n) is 5.81. The Morgan fingerprint density at radius 2 is 1.88 bits per heavy atom. The van der Waals surface area contributed by atoms with Crippen LogP contribution in [0, 0.1) is 22.2 Å². The normalized spacial score (nSPS) is 59.0. The summed E-state index contributed by atoms with van der Waals surface area (Å²) in [5.74, 6) is 1.10. The fourth-order valence-electron chi connectivity index (χ4n) is 5.80. The first-order valence-corrected chi connectivity index (χ1v) is 6.56. The van der Waals surface area contributed by atoms with Gasteiger partial charge >= 0.3 is 0 Å². The molecule has 2 nitrogen and oxygen atoms in total. The molecule has 4 bridgehead atoms. The second-order valence-electron chi connectivity index (χ2n) is 7.49. The first-order valence-electron chi connectivity index (χ1n) is 6.56. The highest BCUT2D eigenvalue weighted by atomic mass is 16.1. The molecule has 4 aliphatic carbocycles. The predicted octanol–water partition coefficient (Wildman–Crippen LogP) is 2.51. The third kappa shape index (κ3) is 1.09. The van der Waals surface area contributed by atoms with Crippen molar-refractivity contribution in [2.24, 2.45) is 27.9 Å². The van der Waals surface area contributed by atoms with Crippen LogP contribution in [0.15, 0.2) is 0 Å². The number of carbonyl (C=O) groups excluding carboxylic acids is 1. The van der Waals surface area contributed by atoms with Gasteiger partial charge in [0.15, 0.2) is 0 Å². The molecule has 4 aliphatic rings. The highest BCUT2D eigenvalue weighted by molar-refractivity contribution is 5.84. The second-order valence-corrected chi connectivity index (χ2v) is 7.49. The molecule has 0 spiro atoms. The molecule has 4 saturated carbocycles. The van der Waals surface area contributed by atoms with E-state index in [0.717, 1.165) is 18.8 Å². The standard InChI is InChI=1S/C14H23NO/c1-9(16)14-6-10-4-12(2,8-14)7-13(3,5-10)11(14)15/h10-11H,4-8,15H2,1-3H3. The van der Waals surface area contributed by atoms with Crippen LogP contribution < -0.4 is 5.73 Å². The van der Waals surface area contributed by atoms with E-state index in [1.54, 1.807) is 6.92 Å². The Hall–Kier alpha value is -0.370. The van der Waals surface area contributed by atoms with E-state index in [0.29, 0.717) is 11.2 Å². The van der Waals surface area contributed by atoms with Gasteiger partial charge in [-0.25, -0.2) is 0 Å².